The first-order chi connectivity index (χ1) is 13.0. The quantitative estimate of drug-likeness (QED) is 0.605. The molecule has 0 radical (unpaired) electrons. The van der Waals surface area contributed by atoms with Crippen LogP contribution < -0.4 is 14.5 Å². The largest absolute Gasteiger partial charge is 0.495 e. The minimum Gasteiger partial charge on any atom is -0.495 e. The number of hydrogen-bond acceptors (Lipinski definition) is 4. The molecule has 3 nitrogen and oxygen atoms in total. The van der Waals surface area contributed by atoms with Crippen molar-refractivity contribution in [1.82, 2.24) is 0 Å². The number of thiocarbonyl (C=S) groups is 1. The number of hydrogen-bond donors (Lipinski definition) is 0. The zero-order valence-electron chi connectivity index (χ0n) is 17.0. The van der Waals surface area contributed by atoms with Crippen LogP contribution in [-0.4, -0.2) is 31.7 Å². The van der Waals surface area contributed by atoms with Crippen molar-refractivity contribution in [2.24, 2.45) is 0 Å². The van der Waals surface area contributed by atoms with E-state index < -0.39 is 0 Å². The van der Waals surface area contributed by atoms with Gasteiger partial charge in [-0.1, -0.05) is 70.2 Å². The Morgan fingerprint density at radius 2 is 1.52 bits per heavy atom. The number of methoxy groups -OCH3 is 1. The van der Waals surface area contributed by atoms with Crippen LogP contribution in [0, 0.1) is 0 Å². The molecule has 27 heavy (non-hydrogen) atoms. The number of benzene rings is 2. The zero-order chi connectivity index (χ0) is 19.6. The van der Waals surface area contributed by atoms with E-state index in [0.717, 1.165) is 24.5 Å². The smallest absolute Gasteiger partial charge is 0.142 e. The van der Waals surface area contributed by atoms with Crippen molar-refractivity contribution in [2.75, 3.05) is 30.0 Å². The molecule has 0 bridgehead atoms. The van der Waals surface area contributed by atoms with E-state index in [4.69, 9.17) is 17.0 Å². The Bertz CT molecular complexity index is 776. The molecule has 1 unspecified atom stereocenters. The molecule has 0 N–H and O–H groups in total. The third-order valence-electron chi connectivity index (χ3n) is 5.37. The average Bonchev–Trinajstić information content (AvgIpc) is 3.10. The molecule has 1 fully saturated rings. The van der Waals surface area contributed by atoms with Crippen LogP contribution in [0.25, 0.3) is 0 Å². The van der Waals surface area contributed by atoms with Crippen LogP contribution in [0.4, 0.5) is 11.4 Å². The maximum atomic E-state index is 5.61. The van der Waals surface area contributed by atoms with Gasteiger partial charge in [-0.15, -0.1) is 0 Å². The fourth-order valence-electron chi connectivity index (χ4n) is 4.01. The van der Waals surface area contributed by atoms with E-state index in [9.17, 15) is 0 Å². The van der Waals surface area contributed by atoms with Gasteiger partial charge in [-0.25, -0.2) is 0 Å². The van der Waals surface area contributed by atoms with Crippen molar-refractivity contribution >= 4 is 29.0 Å². The molecule has 144 valence electrons. The topological polar surface area (TPSA) is 15.7 Å². The summed E-state index contributed by atoms with van der Waals surface area (Å²) in [6.07, 6.45) is 0.0358. The highest BCUT2D eigenvalue weighted by atomic mass is 32.1. The van der Waals surface area contributed by atoms with Gasteiger partial charge < -0.3 is 14.5 Å². The molecule has 4 heteroatoms. The molecule has 2 aromatic rings. The molecule has 1 heterocycles. The van der Waals surface area contributed by atoms with Crippen molar-refractivity contribution in [3.8, 4) is 5.75 Å². The summed E-state index contributed by atoms with van der Waals surface area (Å²) in [4.78, 5) is 4.83. The van der Waals surface area contributed by atoms with Gasteiger partial charge in [0.1, 0.15) is 11.9 Å². The summed E-state index contributed by atoms with van der Waals surface area (Å²) < 4.78 is 5.61. The summed E-state index contributed by atoms with van der Waals surface area (Å²) >= 11 is 5.51. The first-order valence-corrected chi connectivity index (χ1v) is 10.2. The SMILES string of the molecule is COc1ccccc1N1CCN(c2c(C(C)C)cccc2C(C)C)C1C=S. The molecule has 1 saturated heterocycles. The Morgan fingerprint density at radius 3 is 2.07 bits per heavy atom. The molecular weight excluding hydrogens is 352 g/mol. The maximum Gasteiger partial charge on any atom is 0.142 e. The van der Waals surface area contributed by atoms with Gasteiger partial charge in [0.2, 0.25) is 0 Å². The lowest BCUT2D eigenvalue weighted by Crippen LogP contribution is -2.41. The van der Waals surface area contributed by atoms with E-state index in [1.165, 1.54) is 16.8 Å². The number of ether oxygens (including phenoxy) is 1. The lowest BCUT2D eigenvalue weighted by Gasteiger charge is -2.34. The van der Waals surface area contributed by atoms with Crippen LogP contribution in [0.2, 0.25) is 0 Å². The molecule has 1 atom stereocenters. The normalized spacial score (nSPS) is 17.1. The third-order valence-corrected chi connectivity index (χ3v) is 5.61. The molecule has 3 rings (SSSR count). The van der Waals surface area contributed by atoms with Gasteiger partial charge in [0, 0.05) is 24.1 Å². The monoisotopic (exact) mass is 382 g/mol. The van der Waals surface area contributed by atoms with E-state index in [2.05, 4.69) is 67.8 Å². The summed E-state index contributed by atoms with van der Waals surface area (Å²) in [5.74, 6) is 1.82. The molecule has 1 aliphatic rings. The first-order valence-electron chi connectivity index (χ1n) is 9.74. The molecule has 0 spiro atoms. The molecule has 1 aliphatic heterocycles. The predicted molar refractivity (Wildman–Crippen MR) is 120 cm³/mol. The summed E-state index contributed by atoms with van der Waals surface area (Å²) in [6, 6.07) is 14.9. The van der Waals surface area contributed by atoms with Crippen LogP contribution in [0.5, 0.6) is 5.75 Å². The van der Waals surface area contributed by atoms with Gasteiger partial charge in [-0.3, -0.25) is 0 Å². The highest BCUT2D eigenvalue weighted by molar-refractivity contribution is 7.79. The second-order valence-electron chi connectivity index (χ2n) is 7.70. The van der Waals surface area contributed by atoms with Crippen molar-refractivity contribution in [1.29, 1.82) is 0 Å². The van der Waals surface area contributed by atoms with Crippen LogP contribution in [-0.2, 0) is 0 Å². The lowest BCUT2D eigenvalue weighted by atomic mass is 9.92. The Balaban J connectivity index is 2.08. The Hall–Kier alpha value is -2.07. The number of nitrogens with zero attached hydrogens (tertiary/aromatic N) is 2. The summed E-state index contributed by atoms with van der Waals surface area (Å²) in [5.41, 5.74) is 5.24. The molecule has 2 aromatic carbocycles. The number of anilines is 2. The molecule has 0 aliphatic carbocycles. The minimum atomic E-state index is 0.0358. The van der Waals surface area contributed by atoms with Gasteiger partial charge in [-0.05, 0) is 35.1 Å². The van der Waals surface area contributed by atoms with Gasteiger partial charge in [0.05, 0.1) is 12.8 Å². The summed E-state index contributed by atoms with van der Waals surface area (Å²) in [5, 5.41) is 1.89. The van der Waals surface area contributed by atoms with E-state index >= 15 is 0 Å². The summed E-state index contributed by atoms with van der Waals surface area (Å²) in [7, 11) is 1.73. The van der Waals surface area contributed by atoms with Crippen molar-refractivity contribution in [2.45, 2.75) is 45.7 Å². The van der Waals surface area contributed by atoms with Gasteiger partial charge in [0.15, 0.2) is 0 Å². The molecule has 0 saturated carbocycles. The minimum absolute atomic E-state index is 0.0358. The lowest BCUT2D eigenvalue weighted by molar-refractivity contribution is 0.414. The second-order valence-corrected chi connectivity index (χ2v) is 7.97. The molecule has 0 amide bonds. The zero-order valence-corrected chi connectivity index (χ0v) is 17.8. The van der Waals surface area contributed by atoms with Gasteiger partial charge in [-0.2, -0.15) is 0 Å². The van der Waals surface area contributed by atoms with Crippen molar-refractivity contribution in [3.63, 3.8) is 0 Å². The van der Waals surface area contributed by atoms with E-state index in [-0.39, 0.29) is 6.17 Å². The van der Waals surface area contributed by atoms with Crippen LogP contribution >= 0.6 is 12.2 Å². The molecule has 0 aromatic heterocycles. The summed E-state index contributed by atoms with van der Waals surface area (Å²) in [6.45, 7) is 10.9. The van der Waals surface area contributed by atoms with Crippen molar-refractivity contribution < 1.29 is 4.74 Å². The Morgan fingerprint density at radius 1 is 0.926 bits per heavy atom. The first kappa shape index (κ1) is 19.7. The van der Waals surface area contributed by atoms with Gasteiger partial charge >= 0.3 is 0 Å². The third kappa shape index (κ3) is 3.68. The van der Waals surface area contributed by atoms with Crippen molar-refractivity contribution in [3.05, 3.63) is 53.6 Å². The fraction of sp³-hybridized carbons (Fsp3) is 0.435. The van der Waals surface area contributed by atoms with E-state index in [0.29, 0.717) is 11.8 Å². The second kappa shape index (κ2) is 8.30. The molecular formula is C23H30N2OS. The number of para-hydroxylation sites is 3. The fourth-order valence-corrected chi connectivity index (χ4v) is 4.31. The van der Waals surface area contributed by atoms with Crippen LogP contribution in [0.1, 0.15) is 50.7 Å². The Kier molecular flexibility index (Phi) is 6.05. The van der Waals surface area contributed by atoms with Gasteiger partial charge in [0.25, 0.3) is 0 Å². The van der Waals surface area contributed by atoms with E-state index in [1.807, 2.05) is 17.5 Å². The van der Waals surface area contributed by atoms with E-state index in [1.54, 1.807) is 7.11 Å². The maximum absolute atomic E-state index is 5.61. The predicted octanol–water partition coefficient (Wildman–Crippen LogP) is 5.59. The van der Waals surface area contributed by atoms with Crippen LogP contribution in [0.15, 0.2) is 42.5 Å². The number of rotatable bonds is 6. The Labute approximate surface area is 168 Å². The standard InChI is InChI=1S/C23H30N2OS/c1-16(2)18-9-8-10-19(17(3)4)23(18)25-14-13-24(22(25)15-27)20-11-6-7-12-21(20)26-5/h6-12,15-17,22H,13-14H2,1-5H3. The van der Waals surface area contributed by atoms with Crippen LogP contribution in [0.3, 0.4) is 0 Å². The highest BCUT2D eigenvalue weighted by Crippen LogP contribution is 2.40. The highest BCUT2D eigenvalue weighted by Gasteiger charge is 2.34. The average molecular weight is 383 g/mol.